The lowest BCUT2D eigenvalue weighted by Crippen LogP contribution is -2.26. The number of hydrogen-bond acceptors (Lipinski definition) is 4. The lowest BCUT2D eigenvalue weighted by Gasteiger charge is -2.30. The highest BCUT2D eigenvalue weighted by molar-refractivity contribution is 5.96. The minimum absolute atomic E-state index is 0.550. The van der Waals surface area contributed by atoms with Crippen molar-refractivity contribution in [3.05, 3.63) is 210 Å². The third-order valence-corrected chi connectivity index (χ3v) is 11.3. The Kier molecular flexibility index (Phi) is 6.80. The van der Waals surface area contributed by atoms with Crippen molar-refractivity contribution in [3.8, 4) is 73.6 Å². The van der Waals surface area contributed by atoms with Crippen LogP contribution in [-0.2, 0) is 5.41 Å². The molecule has 1 aromatic heterocycles. The van der Waals surface area contributed by atoms with Crippen molar-refractivity contribution in [3.63, 3.8) is 0 Å². The number of rotatable bonds is 4. The van der Waals surface area contributed by atoms with Gasteiger partial charge >= 0.3 is 0 Å². The Hall–Kier alpha value is -7.48. The van der Waals surface area contributed by atoms with Crippen molar-refractivity contribution in [2.75, 3.05) is 0 Å². The van der Waals surface area contributed by atoms with Crippen LogP contribution in [0.1, 0.15) is 27.8 Å². The molecule has 0 N–H and O–H groups in total. The van der Waals surface area contributed by atoms with Gasteiger partial charge in [0.05, 0.1) is 17.0 Å². The summed E-state index contributed by atoms with van der Waals surface area (Å²) in [7, 11) is 0. The third kappa shape index (κ3) is 4.67. The van der Waals surface area contributed by atoms with Crippen molar-refractivity contribution in [1.82, 2.24) is 15.0 Å². The Bertz CT molecular complexity index is 3020. The van der Waals surface area contributed by atoms with E-state index in [9.17, 15) is 5.26 Å². The zero-order chi connectivity index (χ0) is 36.5. The molecular weight excluding hydrogens is 669 g/mol. The highest BCUT2D eigenvalue weighted by Gasteiger charge is 2.51. The van der Waals surface area contributed by atoms with Crippen molar-refractivity contribution < 1.29 is 0 Å². The monoisotopic (exact) mass is 698 g/mol. The Morgan fingerprint density at radius 3 is 1.58 bits per heavy atom. The van der Waals surface area contributed by atoms with Crippen LogP contribution in [0.2, 0.25) is 0 Å². The Morgan fingerprint density at radius 1 is 0.345 bits per heavy atom. The summed E-state index contributed by atoms with van der Waals surface area (Å²) in [5, 5.41) is 12.4. The lowest BCUT2D eigenvalue weighted by molar-refractivity contribution is 0.793. The Labute approximate surface area is 318 Å². The Morgan fingerprint density at radius 2 is 0.855 bits per heavy atom. The average Bonchev–Trinajstić information content (AvgIpc) is 3.73. The maximum absolute atomic E-state index is 10.1. The molecule has 0 fully saturated rings. The highest BCUT2D eigenvalue weighted by atomic mass is 15.0. The molecule has 0 aliphatic heterocycles. The topological polar surface area (TPSA) is 62.5 Å². The van der Waals surface area contributed by atoms with Gasteiger partial charge < -0.3 is 0 Å². The van der Waals surface area contributed by atoms with E-state index in [4.69, 9.17) is 15.0 Å². The number of fused-ring (bicyclic) bond motifs is 11. The van der Waals surface area contributed by atoms with Gasteiger partial charge in [0.25, 0.3) is 0 Å². The van der Waals surface area contributed by atoms with Gasteiger partial charge in [-0.15, -0.1) is 0 Å². The van der Waals surface area contributed by atoms with Gasteiger partial charge in [0.15, 0.2) is 17.5 Å². The maximum atomic E-state index is 10.1. The molecule has 8 aromatic carbocycles. The first-order valence-electron chi connectivity index (χ1n) is 18.5. The van der Waals surface area contributed by atoms with Gasteiger partial charge in [-0.05, 0) is 96.7 Å². The summed E-state index contributed by atoms with van der Waals surface area (Å²) < 4.78 is 0. The summed E-state index contributed by atoms with van der Waals surface area (Å²) in [5.41, 5.74) is 14.8. The van der Waals surface area contributed by atoms with Crippen LogP contribution >= 0.6 is 0 Å². The molecule has 254 valence electrons. The number of benzene rings is 8. The average molecular weight is 699 g/mol. The van der Waals surface area contributed by atoms with Crippen LogP contribution in [0, 0.1) is 11.3 Å². The molecule has 9 aromatic rings. The van der Waals surface area contributed by atoms with E-state index in [2.05, 4.69) is 152 Å². The molecule has 2 aliphatic carbocycles. The van der Waals surface area contributed by atoms with E-state index in [0.717, 1.165) is 38.8 Å². The van der Waals surface area contributed by atoms with Gasteiger partial charge in [-0.1, -0.05) is 152 Å². The molecule has 4 heteroatoms. The molecule has 11 rings (SSSR count). The molecular formula is C51H30N4. The van der Waals surface area contributed by atoms with Crippen molar-refractivity contribution in [2.24, 2.45) is 0 Å². The largest absolute Gasteiger partial charge is 0.208 e. The van der Waals surface area contributed by atoms with E-state index in [1.807, 2.05) is 36.4 Å². The van der Waals surface area contributed by atoms with E-state index >= 15 is 0 Å². The van der Waals surface area contributed by atoms with Crippen LogP contribution in [-0.4, -0.2) is 15.0 Å². The van der Waals surface area contributed by atoms with Gasteiger partial charge in [0.1, 0.15) is 0 Å². The molecule has 2 aliphatic rings. The molecule has 0 amide bonds. The quantitative estimate of drug-likeness (QED) is 0.184. The number of nitrogens with zero attached hydrogens (tertiary/aromatic N) is 4. The Balaban J connectivity index is 1.09. The number of hydrogen-bond donors (Lipinski definition) is 0. The van der Waals surface area contributed by atoms with E-state index in [0.29, 0.717) is 23.0 Å². The molecule has 55 heavy (non-hydrogen) atoms. The van der Waals surface area contributed by atoms with Crippen molar-refractivity contribution in [2.45, 2.75) is 5.41 Å². The van der Waals surface area contributed by atoms with E-state index < -0.39 is 5.41 Å². The number of aromatic nitrogens is 3. The second kappa shape index (κ2) is 12.0. The fraction of sp³-hybridized carbons (Fsp3) is 0.0196. The summed E-state index contributed by atoms with van der Waals surface area (Å²) >= 11 is 0. The molecule has 4 nitrogen and oxygen atoms in total. The first-order valence-corrected chi connectivity index (χ1v) is 18.5. The summed E-state index contributed by atoms with van der Waals surface area (Å²) in [5.74, 6) is 1.88. The minimum atomic E-state index is -0.550. The predicted octanol–water partition coefficient (Wildman–Crippen LogP) is 11.9. The van der Waals surface area contributed by atoms with Gasteiger partial charge in [-0.2, -0.15) is 5.26 Å². The van der Waals surface area contributed by atoms with Crippen LogP contribution in [0.15, 0.2) is 182 Å². The summed E-state index contributed by atoms with van der Waals surface area (Å²) in [6.45, 7) is 0. The van der Waals surface area contributed by atoms with Crippen molar-refractivity contribution in [1.29, 1.82) is 5.26 Å². The summed E-state index contributed by atoms with van der Waals surface area (Å²) in [6.07, 6.45) is 0. The molecule has 0 atom stereocenters. The number of nitriles is 1. The van der Waals surface area contributed by atoms with Gasteiger partial charge in [-0.3, -0.25) is 0 Å². The standard InChI is InChI=1S/C51H30N4/c52-31-32-21-25-42-43-26-24-37(30-47(43)51(46(42)27-32)44-19-8-6-17-40(44)41-18-7-9-20-45(41)51)36-15-10-16-38(29-36)49-53-48(34-12-2-1-3-13-34)54-50(55-49)39-23-22-33-11-4-5-14-35(33)28-39/h1-30H. The molecule has 0 unspecified atom stereocenters. The smallest absolute Gasteiger partial charge is 0.164 e. The van der Waals surface area contributed by atoms with E-state index in [1.165, 1.54) is 44.3 Å². The highest BCUT2D eigenvalue weighted by Crippen LogP contribution is 2.63. The first kappa shape index (κ1) is 31.1. The second-order valence-electron chi connectivity index (χ2n) is 14.3. The molecule has 0 saturated heterocycles. The SMILES string of the molecule is N#Cc1ccc2c(c1)C1(c3ccccc3-c3ccccc31)c1cc(-c3cccc(-c4nc(-c5ccccc5)nc(-c5ccc6ccccc6c5)n4)c3)ccc1-2. The van der Waals surface area contributed by atoms with Crippen LogP contribution in [0.3, 0.4) is 0 Å². The van der Waals surface area contributed by atoms with Gasteiger partial charge in [0.2, 0.25) is 0 Å². The van der Waals surface area contributed by atoms with E-state index in [1.54, 1.807) is 0 Å². The zero-order valence-corrected chi connectivity index (χ0v) is 29.6. The van der Waals surface area contributed by atoms with Crippen LogP contribution < -0.4 is 0 Å². The van der Waals surface area contributed by atoms with Crippen LogP contribution in [0.5, 0.6) is 0 Å². The second-order valence-corrected chi connectivity index (χ2v) is 14.3. The van der Waals surface area contributed by atoms with Crippen LogP contribution in [0.4, 0.5) is 0 Å². The fourth-order valence-electron chi connectivity index (χ4n) is 8.91. The zero-order valence-electron chi connectivity index (χ0n) is 29.6. The van der Waals surface area contributed by atoms with E-state index in [-0.39, 0.29) is 0 Å². The van der Waals surface area contributed by atoms with Gasteiger partial charge in [0, 0.05) is 16.7 Å². The van der Waals surface area contributed by atoms with Crippen LogP contribution in [0.25, 0.3) is 78.3 Å². The minimum Gasteiger partial charge on any atom is -0.208 e. The molecule has 1 heterocycles. The predicted molar refractivity (Wildman–Crippen MR) is 220 cm³/mol. The fourth-order valence-corrected chi connectivity index (χ4v) is 8.91. The first-order chi connectivity index (χ1) is 27.2. The normalized spacial score (nSPS) is 12.9. The molecule has 0 radical (unpaired) electrons. The third-order valence-electron chi connectivity index (χ3n) is 11.3. The maximum Gasteiger partial charge on any atom is 0.164 e. The van der Waals surface area contributed by atoms with Crippen molar-refractivity contribution >= 4 is 10.8 Å². The summed E-state index contributed by atoms with van der Waals surface area (Å²) in [6, 6.07) is 66.2. The molecule has 1 spiro atoms. The summed E-state index contributed by atoms with van der Waals surface area (Å²) in [4.78, 5) is 15.2. The molecule has 0 bridgehead atoms. The van der Waals surface area contributed by atoms with Gasteiger partial charge in [-0.25, -0.2) is 15.0 Å². The molecule has 0 saturated carbocycles. The lowest BCUT2D eigenvalue weighted by atomic mass is 9.70.